The van der Waals surface area contributed by atoms with Crippen LogP contribution in [0.3, 0.4) is 0 Å². The van der Waals surface area contributed by atoms with Crippen LogP contribution < -0.4 is 10.6 Å². The number of fused-ring (bicyclic) bond motifs is 1. The first-order valence-corrected chi connectivity index (χ1v) is 12.5. The van der Waals surface area contributed by atoms with Crippen molar-refractivity contribution in [3.63, 3.8) is 0 Å². The quantitative estimate of drug-likeness (QED) is 0.287. The summed E-state index contributed by atoms with van der Waals surface area (Å²) in [6, 6.07) is 20.9. The Morgan fingerprint density at radius 2 is 1.88 bits per heavy atom. The van der Waals surface area contributed by atoms with Gasteiger partial charge in [-0.2, -0.15) is 4.98 Å². The lowest BCUT2D eigenvalue weighted by atomic mass is 10.00. The van der Waals surface area contributed by atoms with Crippen molar-refractivity contribution >= 4 is 45.2 Å². The van der Waals surface area contributed by atoms with Gasteiger partial charge < -0.3 is 15.1 Å². The van der Waals surface area contributed by atoms with E-state index in [9.17, 15) is 4.79 Å². The van der Waals surface area contributed by atoms with Crippen molar-refractivity contribution in [1.82, 2.24) is 14.8 Å². The molecular weight excluding hydrogens is 514 g/mol. The van der Waals surface area contributed by atoms with E-state index in [2.05, 4.69) is 43.7 Å². The molecule has 2 aromatic heterocycles. The molecule has 0 bridgehead atoms. The van der Waals surface area contributed by atoms with Gasteiger partial charge in [-0.05, 0) is 59.1 Å². The molecule has 1 aliphatic heterocycles. The van der Waals surface area contributed by atoms with Crippen LogP contribution in [0, 0.1) is 6.92 Å². The number of nitrogens with zero attached hydrogens (tertiary/aromatic N) is 3. The number of anilines is 2. The Balaban J connectivity index is 1.48. The van der Waals surface area contributed by atoms with Gasteiger partial charge in [-0.25, -0.2) is 4.68 Å². The zero-order valence-corrected chi connectivity index (χ0v) is 21.0. The lowest BCUT2D eigenvalue weighted by Gasteiger charge is -2.27. The molecule has 0 spiro atoms. The van der Waals surface area contributed by atoms with Gasteiger partial charge in [-0.15, -0.1) is 5.10 Å². The predicted molar refractivity (Wildman–Crippen MR) is 137 cm³/mol. The van der Waals surface area contributed by atoms with Crippen LogP contribution in [-0.4, -0.2) is 20.7 Å². The van der Waals surface area contributed by atoms with Gasteiger partial charge in [-0.3, -0.25) is 4.79 Å². The number of para-hydroxylation sites is 1. The maximum Gasteiger partial charge on any atom is 0.256 e. The molecule has 34 heavy (non-hydrogen) atoms. The minimum absolute atomic E-state index is 0.225. The minimum atomic E-state index is -0.565. The highest BCUT2D eigenvalue weighted by Crippen LogP contribution is 2.38. The molecule has 0 fully saturated rings. The summed E-state index contributed by atoms with van der Waals surface area (Å²) in [6.07, 6.45) is 0. The number of carbonyl (C=O) groups excluding carboxylic acids is 1. The van der Waals surface area contributed by atoms with Crippen molar-refractivity contribution in [2.75, 3.05) is 10.6 Å². The van der Waals surface area contributed by atoms with E-state index in [0.717, 1.165) is 17.0 Å². The lowest BCUT2D eigenvalue weighted by molar-refractivity contribution is -0.113. The molecule has 172 valence electrons. The third-order valence-electron chi connectivity index (χ3n) is 5.55. The molecule has 3 heterocycles. The largest absolute Gasteiger partial charge is 0.452 e. The Bertz CT molecular complexity index is 1380. The number of aryl methyl sites for hydroxylation is 1. The van der Waals surface area contributed by atoms with Gasteiger partial charge in [-0.1, -0.05) is 60.3 Å². The average Bonchev–Trinajstić information content (AvgIpc) is 3.44. The van der Waals surface area contributed by atoms with Crippen LogP contribution in [-0.2, 0) is 10.5 Å². The number of nitrogens with one attached hydrogen (secondary N) is 2. The number of rotatable bonds is 6. The SMILES string of the molecule is CC1=C(C(=O)Nc2ccccc2C)C(c2ccc(Br)o2)n2nc(SCc3ccccc3)nc2N1. The van der Waals surface area contributed by atoms with Crippen molar-refractivity contribution in [1.29, 1.82) is 0 Å². The van der Waals surface area contributed by atoms with Gasteiger partial charge in [0.25, 0.3) is 5.91 Å². The molecule has 9 heteroatoms. The van der Waals surface area contributed by atoms with Crippen molar-refractivity contribution in [2.24, 2.45) is 0 Å². The number of benzene rings is 2. The summed E-state index contributed by atoms with van der Waals surface area (Å²) >= 11 is 4.92. The number of carbonyl (C=O) groups is 1. The highest BCUT2D eigenvalue weighted by molar-refractivity contribution is 9.10. The third-order valence-corrected chi connectivity index (χ3v) is 6.88. The highest BCUT2D eigenvalue weighted by atomic mass is 79.9. The summed E-state index contributed by atoms with van der Waals surface area (Å²) in [6.45, 7) is 3.83. The maximum absolute atomic E-state index is 13.5. The lowest BCUT2D eigenvalue weighted by Crippen LogP contribution is -2.31. The van der Waals surface area contributed by atoms with Gasteiger partial charge in [0.1, 0.15) is 11.8 Å². The Morgan fingerprint density at radius 1 is 1.12 bits per heavy atom. The number of aromatic nitrogens is 3. The number of allylic oxidation sites excluding steroid dienone is 1. The number of hydrogen-bond acceptors (Lipinski definition) is 6. The summed E-state index contributed by atoms with van der Waals surface area (Å²) in [5.74, 6) is 1.68. The van der Waals surface area contributed by atoms with Gasteiger partial charge >= 0.3 is 0 Å². The summed E-state index contributed by atoms with van der Waals surface area (Å²) in [4.78, 5) is 18.2. The normalized spacial score (nSPS) is 15.1. The fourth-order valence-corrected chi connectivity index (χ4v) is 4.95. The summed E-state index contributed by atoms with van der Waals surface area (Å²) in [7, 11) is 0. The number of halogens is 1. The molecule has 1 aliphatic rings. The van der Waals surface area contributed by atoms with E-state index in [4.69, 9.17) is 9.52 Å². The van der Waals surface area contributed by atoms with Crippen molar-refractivity contribution in [3.8, 4) is 0 Å². The number of thioether (sulfide) groups is 1. The van der Waals surface area contributed by atoms with E-state index in [1.807, 2.05) is 68.4 Å². The van der Waals surface area contributed by atoms with E-state index in [1.165, 1.54) is 5.56 Å². The van der Waals surface area contributed by atoms with Crippen LogP contribution in [0.5, 0.6) is 0 Å². The average molecular weight is 536 g/mol. The summed E-state index contributed by atoms with van der Waals surface area (Å²) in [5, 5.41) is 11.7. The van der Waals surface area contributed by atoms with Crippen LogP contribution in [0.2, 0.25) is 0 Å². The van der Waals surface area contributed by atoms with Gasteiger partial charge in [0.15, 0.2) is 4.67 Å². The van der Waals surface area contributed by atoms with E-state index >= 15 is 0 Å². The van der Waals surface area contributed by atoms with E-state index in [-0.39, 0.29) is 5.91 Å². The van der Waals surface area contributed by atoms with Crippen molar-refractivity contribution in [2.45, 2.75) is 30.8 Å². The van der Waals surface area contributed by atoms with Crippen molar-refractivity contribution in [3.05, 3.63) is 99.6 Å². The van der Waals surface area contributed by atoms with E-state index in [0.29, 0.717) is 32.8 Å². The van der Waals surface area contributed by atoms with Crippen LogP contribution >= 0.6 is 27.7 Å². The Morgan fingerprint density at radius 3 is 2.62 bits per heavy atom. The zero-order valence-electron chi connectivity index (χ0n) is 18.6. The number of amides is 1. The Labute approximate surface area is 209 Å². The molecule has 2 N–H and O–H groups in total. The molecule has 0 aliphatic carbocycles. The zero-order chi connectivity index (χ0) is 23.7. The van der Waals surface area contributed by atoms with Crippen LogP contribution in [0.15, 0.2) is 92.2 Å². The monoisotopic (exact) mass is 535 g/mol. The molecule has 1 amide bonds. The Kier molecular flexibility index (Phi) is 6.30. The molecule has 1 atom stereocenters. The first kappa shape index (κ1) is 22.5. The van der Waals surface area contributed by atoms with Crippen molar-refractivity contribution < 1.29 is 9.21 Å². The molecule has 1 unspecified atom stereocenters. The second kappa shape index (κ2) is 9.52. The predicted octanol–water partition coefficient (Wildman–Crippen LogP) is 6.16. The van der Waals surface area contributed by atoms with E-state index in [1.54, 1.807) is 16.4 Å². The summed E-state index contributed by atoms with van der Waals surface area (Å²) in [5.41, 5.74) is 4.14. The molecule has 4 aromatic rings. The van der Waals surface area contributed by atoms with Crippen LogP contribution in [0.4, 0.5) is 11.6 Å². The fourth-order valence-electron chi connectivity index (χ4n) is 3.85. The first-order chi connectivity index (χ1) is 16.5. The smallest absolute Gasteiger partial charge is 0.256 e. The van der Waals surface area contributed by atoms with E-state index < -0.39 is 6.04 Å². The number of furan rings is 1. The van der Waals surface area contributed by atoms with Gasteiger partial charge in [0.2, 0.25) is 11.1 Å². The second-order valence-electron chi connectivity index (χ2n) is 7.91. The molecule has 0 saturated heterocycles. The van der Waals surface area contributed by atoms with Crippen LogP contribution in [0.25, 0.3) is 0 Å². The fraction of sp³-hybridized carbons (Fsp3) is 0.160. The molecule has 5 rings (SSSR count). The Hall–Kier alpha value is -3.30. The van der Waals surface area contributed by atoms with Crippen LogP contribution in [0.1, 0.15) is 29.9 Å². The molecule has 0 saturated carbocycles. The molecular formula is C25H22BrN5O2S. The molecule has 7 nitrogen and oxygen atoms in total. The second-order valence-corrected chi connectivity index (χ2v) is 9.64. The molecule has 2 aromatic carbocycles. The highest BCUT2D eigenvalue weighted by Gasteiger charge is 2.36. The van der Waals surface area contributed by atoms with Gasteiger partial charge in [0.05, 0.1) is 5.57 Å². The minimum Gasteiger partial charge on any atom is -0.452 e. The summed E-state index contributed by atoms with van der Waals surface area (Å²) < 4.78 is 8.20. The molecule has 0 radical (unpaired) electrons. The maximum atomic E-state index is 13.5. The van der Waals surface area contributed by atoms with Gasteiger partial charge in [0, 0.05) is 17.1 Å². The number of hydrogen-bond donors (Lipinski definition) is 2. The standard InChI is InChI=1S/C25H22BrN5O2S/c1-15-8-6-7-11-18(15)28-23(32)21-16(2)27-24-29-25(34-14-17-9-4-3-5-10-17)30-31(24)22(21)19-12-13-20(26)33-19/h3-13,22H,14H2,1-2H3,(H,28,32)(H,27,29,30). The third kappa shape index (κ3) is 4.53. The first-order valence-electron chi connectivity index (χ1n) is 10.7. The topological polar surface area (TPSA) is 85.0 Å².